The lowest BCUT2D eigenvalue weighted by molar-refractivity contribution is 0.147. The number of ether oxygens (including phenoxy) is 1. The van der Waals surface area contributed by atoms with Gasteiger partial charge in [-0.05, 0) is 54.6 Å². The normalized spacial score (nSPS) is 15.7. The van der Waals surface area contributed by atoms with Gasteiger partial charge >= 0.3 is 0 Å². The molecule has 6 nitrogen and oxygen atoms in total. The highest BCUT2D eigenvalue weighted by molar-refractivity contribution is 5.69. The largest absolute Gasteiger partial charge is 0.497 e. The topological polar surface area (TPSA) is 48.8 Å². The number of nitrogens with one attached hydrogen (secondary N) is 1. The van der Waals surface area contributed by atoms with Gasteiger partial charge in [0.15, 0.2) is 0 Å². The summed E-state index contributed by atoms with van der Waals surface area (Å²) < 4.78 is 7.56. The van der Waals surface area contributed by atoms with E-state index in [0.29, 0.717) is 0 Å². The van der Waals surface area contributed by atoms with E-state index in [-0.39, 0.29) is 0 Å². The molecule has 1 saturated heterocycles. The number of aromatic amines is 1. The summed E-state index contributed by atoms with van der Waals surface area (Å²) in [5, 5.41) is 0. The Morgan fingerprint density at radius 3 is 2.43 bits per heavy atom. The van der Waals surface area contributed by atoms with Gasteiger partial charge < -0.3 is 19.0 Å². The summed E-state index contributed by atoms with van der Waals surface area (Å²) in [6.07, 6.45) is 4.17. The summed E-state index contributed by atoms with van der Waals surface area (Å²) in [6, 6.07) is 16.6. The second kappa shape index (κ2) is 7.97. The van der Waals surface area contributed by atoms with Crippen molar-refractivity contribution in [3.8, 4) is 28.3 Å². The molecule has 0 saturated carbocycles. The van der Waals surface area contributed by atoms with E-state index in [1.807, 2.05) is 24.4 Å². The first-order valence-electron chi connectivity index (χ1n) is 10.4. The van der Waals surface area contributed by atoms with Crippen molar-refractivity contribution in [3.63, 3.8) is 0 Å². The highest BCUT2D eigenvalue weighted by Gasteiger charge is 2.20. The number of piperazine rings is 1. The molecule has 4 aromatic rings. The number of rotatable bonds is 5. The van der Waals surface area contributed by atoms with Crippen molar-refractivity contribution in [1.82, 2.24) is 24.2 Å². The smallest absolute Gasteiger partial charge is 0.137 e. The van der Waals surface area contributed by atoms with Crippen LogP contribution < -0.4 is 4.74 Å². The van der Waals surface area contributed by atoms with Crippen LogP contribution in [0.1, 0.15) is 5.69 Å². The van der Waals surface area contributed by atoms with Gasteiger partial charge in [-0.15, -0.1) is 0 Å². The SMILES string of the molecule is COc1ccc(-c2ccc3nc(-c4ccc[nH]4)c(CN4CCN(C)CC4)n3c2)cc1. The molecule has 1 aromatic carbocycles. The molecule has 0 bridgehead atoms. The molecule has 0 amide bonds. The molecule has 1 fully saturated rings. The fourth-order valence-electron chi connectivity index (χ4n) is 4.11. The Bertz CT molecular complexity index is 1120. The number of pyridine rings is 1. The molecule has 1 aliphatic heterocycles. The quantitative estimate of drug-likeness (QED) is 0.553. The molecule has 5 rings (SSSR count). The van der Waals surface area contributed by atoms with Gasteiger partial charge in [-0.3, -0.25) is 4.90 Å². The zero-order valence-corrected chi connectivity index (χ0v) is 17.5. The molecule has 6 heteroatoms. The number of nitrogens with zero attached hydrogens (tertiary/aromatic N) is 4. The highest BCUT2D eigenvalue weighted by atomic mass is 16.5. The van der Waals surface area contributed by atoms with E-state index < -0.39 is 0 Å². The van der Waals surface area contributed by atoms with E-state index >= 15 is 0 Å². The Hall–Kier alpha value is -3.09. The first-order chi connectivity index (χ1) is 14.7. The number of likely N-dealkylation sites (N-methyl/N-ethyl adjacent to an activating group) is 1. The van der Waals surface area contributed by atoms with Crippen LogP contribution in [0.5, 0.6) is 5.75 Å². The van der Waals surface area contributed by atoms with Crippen LogP contribution in [0.3, 0.4) is 0 Å². The summed E-state index contributed by atoms with van der Waals surface area (Å²) in [7, 11) is 3.89. The minimum atomic E-state index is 0.868. The number of imidazole rings is 1. The Morgan fingerprint density at radius 2 is 1.73 bits per heavy atom. The minimum absolute atomic E-state index is 0.868. The van der Waals surface area contributed by atoms with Crippen LogP contribution in [0, 0.1) is 0 Å². The van der Waals surface area contributed by atoms with Crippen LogP contribution in [-0.2, 0) is 6.54 Å². The number of methoxy groups -OCH3 is 1. The lowest BCUT2D eigenvalue weighted by atomic mass is 10.1. The van der Waals surface area contributed by atoms with E-state index in [2.05, 4.69) is 62.8 Å². The zero-order chi connectivity index (χ0) is 20.5. The van der Waals surface area contributed by atoms with E-state index in [1.54, 1.807) is 7.11 Å². The third kappa shape index (κ3) is 3.60. The first kappa shape index (κ1) is 18.9. The first-order valence-corrected chi connectivity index (χ1v) is 10.4. The maximum atomic E-state index is 5.30. The summed E-state index contributed by atoms with van der Waals surface area (Å²) in [4.78, 5) is 13.2. The van der Waals surface area contributed by atoms with Crippen LogP contribution >= 0.6 is 0 Å². The van der Waals surface area contributed by atoms with E-state index in [4.69, 9.17) is 9.72 Å². The minimum Gasteiger partial charge on any atom is -0.497 e. The molecule has 0 aliphatic carbocycles. The van der Waals surface area contributed by atoms with Crippen LogP contribution in [0.4, 0.5) is 0 Å². The molecule has 154 valence electrons. The van der Waals surface area contributed by atoms with Crippen LogP contribution in [-0.4, -0.2) is 64.5 Å². The van der Waals surface area contributed by atoms with Gasteiger partial charge in [-0.25, -0.2) is 4.98 Å². The molecule has 4 heterocycles. The van der Waals surface area contributed by atoms with Crippen molar-refractivity contribution in [2.24, 2.45) is 0 Å². The summed E-state index contributed by atoms with van der Waals surface area (Å²) in [5.74, 6) is 0.868. The van der Waals surface area contributed by atoms with Gasteiger partial charge in [0.1, 0.15) is 17.1 Å². The fraction of sp³-hybridized carbons (Fsp3) is 0.292. The molecule has 3 aromatic heterocycles. The molecule has 0 atom stereocenters. The summed E-state index contributed by atoms with van der Waals surface area (Å²) in [5.41, 5.74) is 6.63. The molecule has 1 N–H and O–H groups in total. The number of H-pyrrole nitrogens is 1. The maximum Gasteiger partial charge on any atom is 0.137 e. The predicted octanol–water partition coefficient (Wildman–Crippen LogP) is 3.75. The molecule has 0 radical (unpaired) electrons. The predicted molar refractivity (Wildman–Crippen MR) is 120 cm³/mol. The molecule has 30 heavy (non-hydrogen) atoms. The second-order valence-electron chi connectivity index (χ2n) is 7.94. The fourth-order valence-corrected chi connectivity index (χ4v) is 4.11. The van der Waals surface area contributed by atoms with Gasteiger partial charge in [-0.1, -0.05) is 12.1 Å². The second-order valence-corrected chi connectivity index (χ2v) is 7.94. The maximum absolute atomic E-state index is 5.30. The summed E-state index contributed by atoms with van der Waals surface area (Å²) >= 11 is 0. The van der Waals surface area contributed by atoms with Crippen molar-refractivity contribution in [2.75, 3.05) is 40.3 Å². The van der Waals surface area contributed by atoms with E-state index in [1.165, 1.54) is 16.8 Å². The van der Waals surface area contributed by atoms with Crippen LogP contribution in [0.2, 0.25) is 0 Å². The molecular weight excluding hydrogens is 374 g/mol. The van der Waals surface area contributed by atoms with Gasteiger partial charge in [0, 0.05) is 45.1 Å². The van der Waals surface area contributed by atoms with E-state index in [9.17, 15) is 0 Å². The average molecular weight is 402 g/mol. The lowest BCUT2D eigenvalue weighted by Gasteiger charge is -2.32. The zero-order valence-electron chi connectivity index (χ0n) is 17.5. The molecule has 0 unspecified atom stereocenters. The number of hydrogen-bond acceptors (Lipinski definition) is 4. The summed E-state index contributed by atoms with van der Waals surface area (Å²) in [6.45, 7) is 5.24. The number of benzene rings is 1. The molecular formula is C24H27N5O. The number of hydrogen-bond donors (Lipinski definition) is 1. The Labute approximate surface area is 176 Å². The number of aromatic nitrogens is 3. The van der Waals surface area contributed by atoms with E-state index in [0.717, 1.165) is 55.5 Å². The standard InChI is InChI=1S/C24H27N5O/c1-27-12-14-28(15-13-27)17-22-24(21-4-3-11-25-21)26-23-10-7-19(16-29(22)23)18-5-8-20(30-2)9-6-18/h3-11,16,25H,12-15,17H2,1-2H3. The van der Waals surface area contributed by atoms with Gasteiger partial charge in [-0.2, -0.15) is 0 Å². The Kier molecular flexibility index (Phi) is 5.02. The lowest BCUT2D eigenvalue weighted by Crippen LogP contribution is -2.44. The van der Waals surface area contributed by atoms with Crippen molar-refractivity contribution in [2.45, 2.75) is 6.54 Å². The Morgan fingerprint density at radius 1 is 0.967 bits per heavy atom. The van der Waals surface area contributed by atoms with Crippen LogP contribution in [0.15, 0.2) is 60.9 Å². The van der Waals surface area contributed by atoms with Crippen molar-refractivity contribution in [3.05, 3.63) is 66.6 Å². The van der Waals surface area contributed by atoms with Gasteiger partial charge in [0.2, 0.25) is 0 Å². The highest BCUT2D eigenvalue weighted by Crippen LogP contribution is 2.28. The van der Waals surface area contributed by atoms with Gasteiger partial charge in [0.05, 0.1) is 18.5 Å². The average Bonchev–Trinajstić information content (AvgIpc) is 3.43. The molecule has 0 spiro atoms. The third-order valence-electron chi connectivity index (χ3n) is 5.96. The van der Waals surface area contributed by atoms with Crippen molar-refractivity contribution in [1.29, 1.82) is 0 Å². The van der Waals surface area contributed by atoms with Crippen LogP contribution in [0.25, 0.3) is 28.2 Å². The third-order valence-corrected chi connectivity index (χ3v) is 5.96. The Balaban J connectivity index is 1.57. The number of fused-ring (bicyclic) bond motifs is 1. The van der Waals surface area contributed by atoms with Crippen molar-refractivity contribution < 1.29 is 4.74 Å². The van der Waals surface area contributed by atoms with Crippen molar-refractivity contribution >= 4 is 5.65 Å². The van der Waals surface area contributed by atoms with Gasteiger partial charge in [0.25, 0.3) is 0 Å². The monoisotopic (exact) mass is 401 g/mol. The molecule has 1 aliphatic rings.